The van der Waals surface area contributed by atoms with Gasteiger partial charge in [0.15, 0.2) is 0 Å². The summed E-state index contributed by atoms with van der Waals surface area (Å²) in [5, 5.41) is 7.00. The van der Waals surface area contributed by atoms with E-state index >= 15 is 0 Å². The van der Waals surface area contributed by atoms with Crippen molar-refractivity contribution in [2.45, 2.75) is 32.2 Å². The molecule has 2 N–H and O–H groups in total. The number of carbonyl (C=O) groups is 1. The molecule has 0 saturated heterocycles. The highest BCUT2D eigenvalue weighted by Crippen LogP contribution is 2.38. The van der Waals surface area contributed by atoms with Gasteiger partial charge < -0.3 is 10.6 Å². The van der Waals surface area contributed by atoms with Crippen LogP contribution in [-0.2, 0) is 4.79 Å². The molecule has 1 aromatic carbocycles. The fourth-order valence-electron chi connectivity index (χ4n) is 2.61. The van der Waals surface area contributed by atoms with Gasteiger partial charge in [0.1, 0.15) is 0 Å². The molecule has 2 atom stereocenters. The van der Waals surface area contributed by atoms with Gasteiger partial charge in [0.05, 0.1) is 6.04 Å². The molecule has 2 rings (SSSR count). The van der Waals surface area contributed by atoms with Gasteiger partial charge in [-0.05, 0) is 43.5 Å². The lowest BCUT2D eigenvalue weighted by Gasteiger charge is -2.35. The van der Waals surface area contributed by atoms with Crippen LogP contribution in [-0.4, -0.2) is 19.5 Å². The molecule has 0 radical (unpaired) electrons. The molecule has 2 unspecified atom stereocenters. The van der Waals surface area contributed by atoms with E-state index in [0.717, 1.165) is 10.6 Å². The maximum atomic E-state index is 12.3. The minimum Gasteiger partial charge on any atom is -0.349 e. The van der Waals surface area contributed by atoms with E-state index in [1.165, 1.54) is 19.3 Å². The van der Waals surface area contributed by atoms with Gasteiger partial charge in [0, 0.05) is 17.5 Å². The molecule has 0 heterocycles. The zero-order valence-electron chi connectivity index (χ0n) is 12.2. The van der Waals surface area contributed by atoms with E-state index in [9.17, 15) is 4.79 Å². The third kappa shape index (κ3) is 3.74. The Bertz CT molecular complexity index is 442. The van der Waals surface area contributed by atoms with Crippen molar-refractivity contribution in [3.63, 3.8) is 0 Å². The predicted molar refractivity (Wildman–Crippen MR) is 82.8 cm³/mol. The minimum atomic E-state index is -0.0186. The van der Waals surface area contributed by atoms with Gasteiger partial charge in [-0.25, -0.2) is 0 Å². The summed E-state index contributed by atoms with van der Waals surface area (Å²) in [6.45, 7) is 2.65. The van der Waals surface area contributed by atoms with E-state index < -0.39 is 0 Å². The van der Waals surface area contributed by atoms with Gasteiger partial charge in [0.25, 0.3) is 0 Å². The molecule has 1 aliphatic rings. The summed E-state index contributed by atoms with van der Waals surface area (Å²) in [5.74, 6) is 0.656. The average molecular weight is 295 g/mol. The SMILES string of the molecule is CNCC(C)C(=O)NC(c1ccc(Cl)cc1)C1CCC1. The lowest BCUT2D eigenvalue weighted by molar-refractivity contribution is -0.125. The van der Waals surface area contributed by atoms with Crippen molar-refractivity contribution in [1.29, 1.82) is 0 Å². The third-order valence-electron chi connectivity index (χ3n) is 4.11. The highest BCUT2D eigenvalue weighted by Gasteiger charge is 2.30. The van der Waals surface area contributed by atoms with E-state index in [1.54, 1.807) is 0 Å². The van der Waals surface area contributed by atoms with Crippen LogP contribution >= 0.6 is 11.6 Å². The fourth-order valence-corrected chi connectivity index (χ4v) is 2.74. The van der Waals surface area contributed by atoms with Crippen LogP contribution in [0.15, 0.2) is 24.3 Å². The topological polar surface area (TPSA) is 41.1 Å². The number of halogens is 1. The molecule has 1 fully saturated rings. The van der Waals surface area contributed by atoms with Crippen LogP contribution in [0.3, 0.4) is 0 Å². The van der Waals surface area contributed by atoms with Crippen molar-refractivity contribution < 1.29 is 4.79 Å². The Kier molecular flexibility index (Phi) is 5.44. The van der Waals surface area contributed by atoms with E-state index in [1.807, 2.05) is 38.2 Å². The van der Waals surface area contributed by atoms with Crippen LogP contribution in [0.25, 0.3) is 0 Å². The molecule has 3 nitrogen and oxygen atoms in total. The first-order valence-electron chi connectivity index (χ1n) is 7.32. The van der Waals surface area contributed by atoms with Crippen molar-refractivity contribution in [3.8, 4) is 0 Å². The Hall–Kier alpha value is -1.06. The summed E-state index contributed by atoms with van der Waals surface area (Å²) in [5.41, 5.74) is 1.16. The summed E-state index contributed by atoms with van der Waals surface area (Å²) in [4.78, 5) is 12.3. The second-order valence-corrected chi connectivity index (χ2v) is 6.12. The monoisotopic (exact) mass is 294 g/mol. The lowest BCUT2D eigenvalue weighted by atomic mass is 9.77. The van der Waals surface area contributed by atoms with Gasteiger partial charge in [-0.1, -0.05) is 37.1 Å². The second-order valence-electron chi connectivity index (χ2n) is 5.69. The van der Waals surface area contributed by atoms with Crippen LogP contribution in [0.4, 0.5) is 0 Å². The Morgan fingerprint density at radius 2 is 2.00 bits per heavy atom. The molecule has 0 spiro atoms. The number of benzene rings is 1. The summed E-state index contributed by atoms with van der Waals surface area (Å²) in [6.07, 6.45) is 3.64. The van der Waals surface area contributed by atoms with E-state index in [0.29, 0.717) is 12.5 Å². The van der Waals surface area contributed by atoms with Gasteiger partial charge in [0.2, 0.25) is 5.91 Å². The number of hydrogen-bond acceptors (Lipinski definition) is 2. The maximum Gasteiger partial charge on any atom is 0.224 e. The highest BCUT2D eigenvalue weighted by molar-refractivity contribution is 6.30. The molecule has 0 aliphatic heterocycles. The number of rotatable bonds is 6. The molecule has 1 aromatic rings. The Balaban J connectivity index is 2.08. The minimum absolute atomic E-state index is 0.0186. The quantitative estimate of drug-likeness (QED) is 0.846. The predicted octanol–water partition coefficient (Wildman–Crippen LogP) is 3.15. The zero-order valence-corrected chi connectivity index (χ0v) is 12.9. The first-order chi connectivity index (χ1) is 9.61. The first-order valence-corrected chi connectivity index (χ1v) is 7.70. The molecule has 4 heteroatoms. The Labute approximate surface area is 126 Å². The van der Waals surface area contributed by atoms with Crippen molar-refractivity contribution >= 4 is 17.5 Å². The summed E-state index contributed by atoms with van der Waals surface area (Å²) >= 11 is 5.95. The Morgan fingerprint density at radius 1 is 1.35 bits per heavy atom. The van der Waals surface area contributed by atoms with Gasteiger partial charge in [-0.15, -0.1) is 0 Å². The maximum absolute atomic E-state index is 12.3. The summed E-state index contributed by atoms with van der Waals surface area (Å²) < 4.78 is 0. The van der Waals surface area contributed by atoms with Crippen molar-refractivity contribution in [3.05, 3.63) is 34.9 Å². The van der Waals surface area contributed by atoms with E-state index in [4.69, 9.17) is 11.6 Å². The Morgan fingerprint density at radius 3 is 2.50 bits per heavy atom. The van der Waals surface area contributed by atoms with Crippen LogP contribution in [0.5, 0.6) is 0 Å². The van der Waals surface area contributed by atoms with Crippen LogP contribution in [0.2, 0.25) is 5.02 Å². The van der Waals surface area contributed by atoms with Crippen molar-refractivity contribution in [2.75, 3.05) is 13.6 Å². The van der Waals surface area contributed by atoms with Crippen molar-refractivity contribution in [2.24, 2.45) is 11.8 Å². The number of hydrogen-bond donors (Lipinski definition) is 2. The highest BCUT2D eigenvalue weighted by atomic mass is 35.5. The van der Waals surface area contributed by atoms with Crippen LogP contribution in [0, 0.1) is 11.8 Å². The number of nitrogens with one attached hydrogen (secondary N) is 2. The van der Waals surface area contributed by atoms with Gasteiger partial charge in [-0.2, -0.15) is 0 Å². The normalized spacial score (nSPS) is 18.1. The molecular weight excluding hydrogens is 272 g/mol. The second kappa shape index (κ2) is 7.09. The first kappa shape index (κ1) is 15.3. The van der Waals surface area contributed by atoms with Gasteiger partial charge in [-0.3, -0.25) is 4.79 Å². The molecule has 0 aromatic heterocycles. The molecule has 20 heavy (non-hydrogen) atoms. The van der Waals surface area contributed by atoms with Gasteiger partial charge >= 0.3 is 0 Å². The molecule has 1 amide bonds. The molecule has 1 saturated carbocycles. The molecule has 0 bridgehead atoms. The number of carbonyl (C=O) groups excluding carboxylic acids is 1. The molecule has 1 aliphatic carbocycles. The smallest absolute Gasteiger partial charge is 0.224 e. The van der Waals surface area contributed by atoms with E-state index in [-0.39, 0.29) is 17.9 Å². The standard InChI is InChI=1S/C16H23ClN2O/c1-11(10-18-2)16(20)19-15(12-4-3-5-12)13-6-8-14(17)9-7-13/h6-9,11-12,15,18H,3-5,10H2,1-2H3,(H,19,20). The van der Waals surface area contributed by atoms with Crippen molar-refractivity contribution in [1.82, 2.24) is 10.6 Å². The summed E-state index contributed by atoms with van der Waals surface area (Å²) in [7, 11) is 1.87. The van der Waals surface area contributed by atoms with Crippen LogP contribution in [0.1, 0.15) is 37.8 Å². The largest absolute Gasteiger partial charge is 0.349 e. The average Bonchev–Trinajstić information content (AvgIpc) is 2.37. The van der Waals surface area contributed by atoms with Crippen LogP contribution < -0.4 is 10.6 Å². The fraction of sp³-hybridized carbons (Fsp3) is 0.562. The lowest BCUT2D eigenvalue weighted by Crippen LogP contribution is -2.40. The molecule has 110 valence electrons. The van der Waals surface area contributed by atoms with E-state index in [2.05, 4.69) is 10.6 Å². The zero-order chi connectivity index (χ0) is 14.5. The third-order valence-corrected chi connectivity index (χ3v) is 4.36. The molecular formula is C16H23ClN2O. The summed E-state index contributed by atoms with van der Waals surface area (Å²) in [6, 6.07) is 7.95. The number of amides is 1.